The van der Waals surface area contributed by atoms with E-state index < -0.39 is 0 Å². The van der Waals surface area contributed by atoms with Crippen LogP contribution in [-0.2, 0) is 0 Å². The number of nitrogens with two attached hydrogens (primary N) is 1. The van der Waals surface area contributed by atoms with E-state index in [9.17, 15) is 0 Å². The van der Waals surface area contributed by atoms with Crippen LogP contribution in [0.5, 0.6) is 11.5 Å². The number of rotatable bonds is 2. The highest BCUT2D eigenvalue weighted by Gasteiger charge is 2.28. The number of ether oxygens (including phenoxy) is 2. The van der Waals surface area contributed by atoms with Crippen molar-refractivity contribution in [3.05, 3.63) is 57.6 Å². The maximum absolute atomic E-state index is 6.27. The fraction of sp³-hybridized carbons (Fsp3) is 0.250. The summed E-state index contributed by atoms with van der Waals surface area (Å²) in [6, 6.07) is 10.9. The molecule has 0 aliphatic carbocycles. The Morgan fingerprint density at radius 3 is 2.71 bits per heavy atom. The van der Waals surface area contributed by atoms with E-state index in [1.54, 1.807) is 19.2 Å². The highest BCUT2D eigenvalue weighted by Crippen LogP contribution is 2.43. The van der Waals surface area contributed by atoms with Gasteiger partial charge >= 0.3 is 0 Å². The molecule has 2 aromatic rings. The lowest BCUT2D eigenvalue weighted by Crippen LogP contribution is -2.24. The lowest BCUT2D eigenvalue weighted by atomic mass is 9.93. The summed E-state index contributed by atoms with van der Waals surface area (Å²) < 4.78 is 11.3. The number of halogens is 2. The minimum atomic E-state index is -0.202. The van der Waals surface area contributed by atoms with Crippen molar-refractivity contribution < 1.29 is 9.47 Å². The van der Waals surface area contributed by atoms with E-state index in [4.69, 9.17) is 38.4 Å². The minimum absolute atomic E-state index is 0.135. The number of benzene rings is 2. The van der Waals surface area contributed by atoms with Crippen molar-refractivity contribution in [2.24, 2.45) is 5.73 Å². The zero-order chi connectivity index (χ0) is 15.0. The van der Waals surface area contributed by atoms with Crippen LogP contribution < -0.4 is 15.2 Å². The van der Waals surface area contributed by atoms with E-state index >= 15 is 0 Å². The molecule has 0 saturated heterocycles. The summed E-state index contributed by atoms with van der Waals surface area (Å²) in [7, 11) is 1.63. The molecular formula is C16H15Cl2NO2. The van der Waals surface area contributed by atoms with Crippen LogP contribution in [0.2, 0.25) is 10.0 Å². The molecule has 3 nitrogen and oxygen atoms in total. The van der Waals surface area contributed by atoms with E-state index in [1.165, 1.54) is 0 Å². The molecule has 1 heterocycles. The standard InChI is InChI=1S/C16H15Cl2NO2/c1-20-10-3-5-15-12(7-10)14(19)8-16(21-15)11-6-9(17)2-4-13(11)18/h2-7,14,16H,8,19H2,1H3/t14-,16?/m1/s1. The first kappa shape index (κ1) is 14.5. The third kappa shape index (κ3) is 2.82. The first-order valence-corrected chi connectivity index (χ1v) is 7.39. The smallest absolute Gasteiger partial charge is 0.127 e. The third-order valence-electron chi connectivity index (χ3n) is 3.66. The van der Waals surface area contributed by atoms with Crippen LogP contribution in [0.15, 0.2) is 36.4 Å². The van der Waals surface area contributed by atoms with Crippen molar-refractivity contribution in [2.45, 2.75) is 18.6 Å². The average Bonchev–Trinajstić information content (AvgIpc) is 2.49. The predicted octanol–water partition coefficient (Wildman–Crippen LogP) is 4.53. The third-order valence-corrected chi connectivity index (χ3v) is 4.24. The molecule has 5 heteroatoms. The number of hydrogen-bond donors (Lipinski definition) is 1. The molecule has 2 N–H and O–H groups in total. The second kappa shape index (κ2) is 5.76. The first-order chi connectivity index (χ1) is 10.1. The Hall–Kier alpha value is -1.42. The van der Waals surface area contributed by atoms with Gasteiger partial charge in [-0.1, -0.05) is 23.2 Å². The highest BCUT2D eigenvalue weighted by molar-refractivity contribution is 6.33. The molecule has 2 atom stereocenters. The van der Waals surface area contributed by atoms with Gasteiger partial charge in [0.2, 0.25) is 0 Å². The van der Waals surface area contributed by atoms with Gasteiger partial charge in [-0.15, -0.1) is 0 Å². The van der Waals surface area contributed by atoms with Crippen molar-refractivity contribution in [1.29, 1.82) is 0 Å². The van der Waals surface area contributed by atoms with Gasteiger partial charge in [0, 0.05) is 33.6 Å². The fourth-order valence-corrected chi connectivity index (χ4v) is 2.98. The van der Waals surface area contributed by atoms with Crippen LogP contribution in [0.3, 0.4) is 0 Å². The zero-order valence-corrected chi connectivity index (χ0v) is 13.0. The fourth-order valence-electron chi connectivity index (χ4n) is 2.56. The number of methoxy groups -OCH3 is 1. The SMILES string of the molecule is COc1ccc2c(c1)[C@H](N)CC(c1cc(Cl)ccc1Cl)O2. The number of hydrogen-bond acceptors (Lipinski definition) is 3. The lowest BCUT2D eigenvalue weighted by molar-refractivity contribution is 0.161. The van der Waals surface area contributed by atoms with E-state index in [2.05, 4.69) is 0 Å². The molecule has 21 heavy (non-hydrogen) atoms. The Kier molecular flexibility index (Phi) is 3.98. The molecule has 3 rings (SSSR count). The van der Waals surface area contributed by atoms with Crippen LogP contribution in [-0.4, -0.2) is 7.11 Å². The second-order valence-corrected chi connectivity index (χ2v) is 5.86. The molecular weight excluding hydrogens is 309 g/mol. The quantitative estimate of drug-likeness (QED) is 0.883. The van der Waals surface area contributed by atoms with Gasteiger partial charge in [-0.3, -0.25) is 0 Å². The maximum Gasteiger partial charge on any atom is 0.127 e. The van der Waals surface area contributed by atoms with Crippen molar-refractivity contribution in [3.63, 3.8) is 0 Å². The predicted molar refractivity (Wildman–Crippen MR) is 84.4 cm³/mol. The molecule has 1 unspecified atom stereocenters. The maximum atomic E-state index is 6.27. The molecule has 0 fully saturated rings. The molecule has 0 saturated carbocycles. The van der Waals surface area contributed by atoms with Crippen LogP contribution in [0.4, 0.5) is 0 Å². The Balaban J connectivity index is 1.96. The van der Waals surface area contributed by atoms with E-state index in [-0.39, 0.29) is 12.1 Å². The molecule has 110 valence electrons. The Labute approximate surface area is 133 Å². The topological polar surface area (TPSA) is 44.5 Å². The summed E-state index contributed by atoms with van der Waals surface area (Å²) in [5.74, 6) is 1.53. The van der Waals surface area contributed by atoms with Gasteiger partial charge in [0.15, 0.2) is 0 Å². The van der Waals surface area contributed by atoms with Crippen molar-refractivity contribution in [2.75, 3.05) is 7.11 Å². The highest BCUT2D eigenvalue weighted by atomic mass is 35.5. The summed E-state index contributed by atoms with van der Waals surface area (Å²) in [4.78, 5) is 0. The van der Waals surface area contributed by atoms with Gasteiger partial charge < -0.3 is 15.2 Å². The zero-order valence-electron chi connectivity index (χ0n) is 11.5. The molecule has 0 radical (unpaired) electrons. The van der Waals surface area contributed by atoms with E-state index in [1.807, 2.05) is 24.3 Å². The van der Waals surface area contributed by atoms with Gasteiger partial charge in [0.05, 0.1) is 7.11 Å². The molecule has 1 aliphatic rings. The lowest BCUT2D eigenvalue weighted by Gasteiger charge is -2.31. The Morgan fingerprint density at radius 2 is 1.95 bits per heavy atom. The molecule has 0 bridgehead atoms. The average molecular weight is 324 g/mol. The van der Waals surface area contributed by atoms with Gasteiger partial charge in [-0.2, -0.15) is 0 Å². The normalized spacial score (nSPS) is 20.6. The molecule has 0 aromatic heterocycles. The first-order valence-electron chi connectivity index (χ1n) is 6.63. The van der Waals surface area contributed by atoms with Crippen molar-refractivity contribution in [3.8, 4) is 11.5 Å². The van der Waals surface area contributed by atoms with Gasteiger partial charge in [0.25, 0.3) is 0 Å². The largest absolute Gasteiger partial charge is 0.497 e. The van der Waals surface area contributed by atoms with Gasteiger partial charge in [-0.25, -0.2) is 0 Å². The van der Waals surface area contributed by atoms with Crippen molar-refractivity contribution >= 4 is 23.2 Å². The molecule has 2 aromatic carbocycles. The summed E-state index contributed by atoms with van der Waals surface area (Å²) in [5, 5.41) is 1.26. The van der Waals surface area contributed by atoms with Crippen LogP contribution in [0.25, 0.3) is 0 Å². The molecule has 0 amide bonds. The van der Waals surface area contributed by atoms with Crippen LogP contribution >= 0.6 is 23.2 Å². The number of fused-ring (bicyclic) bond motifs is 1. The summed E-state index contributed by atoms with van der Waals surface area (Å²) in [6.07, 6.45) is 0.437. The summed E-state index contributed by atoms with van der Waals surface area (Å²) in [5.41, 5.74) is 8.08. The summed E-state index contributed by atoms with van der Waals surface area (Å²) in [6.45, 7) is 0. The van der Waals surface area contributed by atoms with Crippen LogP contribution in [0, 0.1) is 0 Å². The summed E-state index contributed by atoms with van der Waals surface area (Å²) >= 11 is 12.3. The van der Waals surface area contributed by atoms with Gasteiger partial charge in [0.1, 0.15) is 17.6 Å². The Morgan fingerprint density at radius 1 is 1.14 bits per heavy atom. The van der Waals surface area contributed by atoms with Crippen LogP contribution in [0.1, 0.15) is 29.7 Å². The minimum Gasteiger partial charge on any atom is -0.497 e. The molecule has 1 aliphatic heterocycles. The van der Waals surface area contributed by atoms with Crippen molar-refractivity contribution in [1.82, 2.24) is 0 Å². The van der Waals surface area contributed by atoms with E-state index in [0.717, 1.165) is 22.6 Å². The van der Waals surface area contributed by atoms with Gasteiger partial charge in [-0.05, 0) is 36.4 Å². The Bertz CT molecular complexity index is 675. The van der Waals surface area contributed by atoms with E-state index in [0.29, 0.717) is 16.5 Å². The molecule has 0 spiro atoms. The second-order valence-electron chi connectivity index (χ2n) is 5.02. The monoisotopic (exact) mass is 323 g/mol.